The Kier molecular flexibility index (Phi) is 2.97. The van der Waals surface area contributed by atoms with Gasteiger partial charge in [-0.3, -0.25) is 4.52 Å². The van der Waals surface area contributed by atoms with E-state index in [4.69, 9.17) is 9.63 Å². The zero-order valence-electron chi connectivity index (χ0n) is 7.52. The lowest BCUT2D eigenvalue weighted by molar-refractivity contribution is -0.766. The molecule has 0 aromatic carbocycles. The van der Waals surface area contributed by atoms with Crippen LogP contribution in [0.15, 0.2) is 9.52 Å². The van der Waals surface area contributed by atoms with Gasteiger partial charge in [0.05, 0.1) is 0 Å². The van der Waals surface area contributed by atoms with Crippen LogP contribution in [-0.2, 0) is 13.2 Å². The van der Waals surface area contributed by atoms with Gasteiger partial charge >= 0.3 is 11.6 Å². The summed E-state index contributed by atoms with van der Waals surface area (Å²) < 4.78 is 6.20. The Bertz CT molecular complexity index is 315. The van der Waals surface area contributed by atoms with Crippen LogP contribution in [0.4, 0.5) is 5.88 Å². The summed E-state index contributed by atoms with van der Waals surface area (Å²) >= 11 is 0. The summed E-state index contributed by atoms with van der Waals surface area (Å²) in [7, 11) is 0. The Morgan fingerprint density at radius 1 is 1.77 bits per heavy atom. The van der Waals surface area contributed by atoms with Gasteiger partial charge in [0, 0.05) is 0 Å². The Morgan fingerprint density at radius 2 is 2.46 bits per heavy atom. The summed E-state index contributed by atoms with van der Waals surface area (Å²) in [5, 5.41) is 23.2. The molecular weight excluding hydrogens is 174 g/mol. The number of aliphatic hydroxyl groups is 1. The number of aliphatic imine (C=N–C) groups is 1. The molecule has 1 N–H and O–H groups in total. The second kappa shape index (κ2) is 3.99. The van der Waals surface area contributed by atoms with E-state index in [1.165, 1.54) is 11.6 Å². The fourth-order valence-corrected chi connectivity index (χ4v) is 0.926. The standard InChI is InChI=1S/C7H11N3O3/c1-3-10-6(4-11)7(13-9-10)8-5(2)12/h11H,3-4H2,1-2H3. The molecule has 1 aromatic rings. The first kappa shape index (κ1) is 9.66. The number of rotatable bonds is 3. The predicted octanol–water partition coefficient (Wildman–Crippen LogP) is -1.12. The number of hydrogen-bond donors (Lipinski definition) is 1. The quantitative estimate of drug-likeness (QED) is 0.367. The molecule has 0 saturated carbocycles. The van der Waals surface area contributed by atoms with Crippen molar-refractivity contribution in [1.82, 2.24) is 5.27 Å². The van der Waals surface area contributed by atoms with Crippen molar-refractivity contribution in [2.45, 2.75) is 27.0 Å². The summed E-state index contributed by atoms with van der Waals surface area (Å²) in [6.45, 7) is 3.47. The highest BCUT2D eigenvalue weighted by molar-refractivity contribution is 5.71. The number of nitrogens with zero attached hydrogens (tertiary/aromatic N) is 3. The maximum absolute atomic E-state index is 10.6. The van der Waals surface area contributed by atoms with Gasteiger partial charge < -0.3 is 10.2 Å². The third kappa shape index (κ3) is 2.03. The minimum Gasteiger partial charge on any atom is -0.862 e. The van der Waals surface area contributed by atoms with E-state index in [1.54, 1.807) is 0 Å². The molecule has 0 fully saturated rings. The average Bonchev–Trinajstić information content (AvgIpc) is 2.45. The number of hydrogen-bond acceptors (Lipinski definition) is 5. The fourth-order valence-electron chi connectivity index (χ4n) is 0.926. The monoisotopic (exact) mass is 185 g/mol. The summed E-state index contributed by atoms with van der Waals surface area (Å²) in [6.07, 6.45) is 0. The van der Waals surface area contributed by atoms with E-state index < -0.39 is 0 Å². The number of aliphatic hydroxyl groups excluding tert-OH is 1. The molecule has 0 aliphatic carbocycles. The first-order valence-electron chi connectivity index (χ1n) is 3.90. The highest BCUT2D eigenvalue weighted by atomic mass is 16.5. The molecule has 0 atom stereocenters. The molecule has 6 nitrogen and oxygen atoms in total. The molecule has 0 amide bonds. The van der Waals surface area contributed by atoms with Gasteiger partial charge in [-0.25, -0.2) is 4.99 Å². The zero-order chi connectivity index (χ0) is 9.84. The van der Waals surface area contributed by atoms with Crippen molar-refractivity contribution in [3.05, 3.63) is 5.69 Å². The number of aryl methyl sites for hydroxylation is 1. The Labute approximate surface area is 75.1 Å². The Morgan fingerprint density at radius 3 is 2.92 bits per heavy atom. The first-order chi connectivity index (χ1) is 6.19. The number of aromatic nitrogens is 2. The minimum absolute atomic E-state index is 0.0804. The second-order valence-corrected chi connectivity index (χ2v) is 2.43. The predicted molar refractivity (Wildman–Crippen MR) is 41.1 cm³/mol. The van der Waals surface area contributed by atoms with Gasteiger partial charge in [-0.1, -0.05) is 0 Å². The molecule has 1 aromatic heterocycles. The smallest absolute Gasteiger partial charge is 0.326 e. The fraction of sp³-hybridized carbons (Fsp3) is 0.571. The van der Waals surface area contributed by atoms with Gasteiger partial charge in [-0.2, -0.15) is 0 Å². The summed E-state index contributed by atoms with van der Waals surface area (Å²) in [5.41, 5.74) is 0.415. The highest BCUT2D eigenvalue weighted by Crippen LogP contribution is 2.13. The summed E-state index contributed by atoms with van der Waals surface area (Å²) in [6, 6.07) is 0. The Hall–Kier alpha value is -1.43. The molecule has 0 spiro atoms. The van der Waals surface area contributed by atoms with Gasteiger partial charge in [0.25, 0.3) is 0 Å². The largest absolute Gasteiger partial charge is 0.862 e. The highest BCUT2D eigenvalue weighted by Gasteiger charge is 2.21. The molecule has 6 heteroatoms. The summed E-state index contributed by atoms with van der Waals surface area (Å²) in [5.74, 6) is -0.300. The van der Waals surface area contributed by atoms with Crippen LogP contribution in [0.5, 0.6) is 0 Å². The van der Waals surface area contributed by atoms with Gasteiger partial charge in [0.2, 0.25) is 5.27 Å². The molecule has 0 saturated heterocycles. The molecule has 1 rings (SSSR count). The third-order valence-electron chi connectivity index (χ3n) is 1.49. The molecular formula is C7H11N3O3. The van der Waals surface area contributed by atoms with E-state index in [1.807, 2.05) is 6.92 Å². The molecule has 0 aliphatic heterocycles. The molecule has 13 heavy (non-hydrogen) atoms. The SMILES string of the molecule is CC[n+]1noc(/N=C(/C)[O-])c1CO. The van der Waals surface area contributed by atoms with Crippen molar-refractivity contribution in [1.29, 1.82) is 0 Å². The van der Waals surface area contributed by atoms with Crippen LogP contribution in [-0.4, -0.2) is 16.3 Å². The molecule has 72 valence electrons. The third-order valence-corrected chi connectivity index (χ3v) is 1.49. The van der Waals surface area contributed by atoms with Crippen molar-refractivity contribution in [3.8, 4) is 0 Å². The van der Waals surface area contributed by atoms with Crippen LogP contribution in [0.1, 0.15) is 19.5 Å². The average molecular weight is 185 g/mol. The van der Waals surface area contributed by atoms with Crippen LogP contribution < -0.4 is 9.79 Å². The van der Waals surface area contributed by atoms with Gasteiger partial charge in [0.1, 0.15) is 6.61 Å². The lowest BCUT2D eigenvalue weighted by Gasteiger charge is -1.97. The second-order valence-electron chi connectivity index (χ2n) is 2.43. The van der Waals surface area contributed by atoms with E-state index in [0.29, 0.717) is 12.2 Å². The van der Waals surface area contributed by atoms with Crippen LogP contribution in [0, 0.1) is 0 Å². The van der Waals surface area contributed by atoms with E-state index in [2.05, 4.69) is 10.3 Å². The zero-order valence-corrected chi connectivity index (χ0v) is 7.52. The molecule has 0 aliphatic rings. The lowest BCUT2D eigenvalue weighted by atomic mass is 10.4. The van der Waals surface area contributed by atoms with Crippen molar-refractivity contribution < 1.29 is 19.4 Å². The maximum atomic E-state index is 10.6. The maximum Gasteiger partial charge on any atom is 0.326 e. The first-order valence-corrected chi connectivity index (χ1v) is 3.90. The lowest BCUT2D eigenvalue weighted by Crippen LogP contribution is -2.38. The minimum atomic E-state index is -0.380. The normalized spacial score (nSPS) is 12.1. The van der Waals surface area contributed by atoms with E-state index in [0.717, 1.165) is 0 Å². The molecule has 1 heterocycles. The molecule has 0 radical (unpaired) electrons. The molecule has 0 unspecified atom stereocenters. The van der Waals surface area contributed by atoms with Crippen LogP contribution >= 0.6 is 0 Å². The van der Waals surface area contributed by atoms with Gasteiger partial charge in [-0.15, -0.1) is 0 Å². The van der Waals surface area contributed by atoms with Crippen molar-refractivity contribution in [2.24, 2.45) is 4.99 Å². The van der Waals surface area contributed by atoms with Crippen LogP contribution in [0.25, 0.3) is 0 Å². The van der Waals surface area contributed by atoms with Gasteiger partial charge in [0.15, 0.2) is 6.54 Å². The van der Waals surface area contributed by atoms with Crippen molar-refractivity contribution in [3.63, 3.8) is 0 Å². The summed E-state index contributed by atoms with van der Waals surface area (Å²) in [4.78, 5) is 3.55. The van der Waals surface area contributed by atoms with E-state index >= 15 is 0 Å². The van der Waals surface area contributed by atoms with E-state index in [-0.39, 0.29) is 18.4 Å². The van der Waals surface area contributed by atoms with Crippen LogP contribution in [0.3, 0.4) is 0 Å². The topological polar surface area (TPSA) is 85.6 Å². The molecule has 0 bridgehead atoms. The Balaban J connectivity index is 3.08. The van der Waals surface area contributed by atoms with Crippen molar-refractivity contribution in [2.75, 3.05) is 0 Å². The van der Waals surface area contributed by atoms with Crippen molar-refractivity contribution >= 4 is 11.8 Å². The van der Waals surface area contributed by atoms with E-state index in [9.17, 15) is 5.11 Å². The van der Waals surface area contributed by atoms with Crippen LogP contribution in [0.2, 0.25) is 0 Å². The van der Waals surface area contributed by atoms with Gasteiger partial charge in [-0.05, 0) is 24.4 Å².